The van der Waals surface area contributed by atoms with E-state index in [1.54, 1.807) is 0 Å². The molecule has 0 fully saturated rings. The van der Waals surface area contributed by atoms with E-state index in [9.17, 15) is 0 Å². The van der Waals surface area contributed by atoms with Gasteiger partial charge in [0, 0.05) is 33.9 Å². The second-order valence-electron chi connectivity index (χ2n) is 14.2. The number of hydrogen-bond acceptors (Lipinski definition) is 5. The molecule has 0 saturated carbocycles. The lowest BCUT2D eigenvalue weighted by Gasteiger charge is -2.40. The lowest BCUT2D eigenvalue weighted by atomic mass is 10.0. The zero-order valence-electron chi connectivity index (χ0n) is 30.5. The van der Waals surface area contributed by atoms with Gasteiger partial charge in [0.05, 0.1) is 45.9 Å². The van der Waals surface area contributed by atoms with Crippen molar-refractivity contribution in [1.82, 2.24) is 9.55 Å². The van der Waals surface area contributed by atoms with Gasteiger partial charge in [0.25, 0.3) is 0 Å². The average Bonchev–Trinajstić information content (AvgIpc) is 3.86. The number of hydrogen-bond donors (Lipinski definition) is 0. The van der Waals surface area contributed by atoms with Crippen LogP contribution in [0.3, 0.4) is 0 Å². The van der Waals surface area contributed by atoms with Crippen molar-refractivity contribution in [2.24, 2.45) is 4.99 Å². The maximum absolute atomic E-state index is 5.23. The van der Waals surface area contributed by atoms with Crippen molar-refractivity contribution in [3.05, 3.63) is 212 Å². The number of anilines is 7. The van der Waals surface area contributed by atoms with Crippen LogP contribution in [0.1, 0.15) is 5.56 Å². The van der Waals surface area contributed by atoms with Gasteiger partial charge in [-0.15, -0.1) is 0 Å². The largest absolute Gasteiger partial charge is 0.317 e. The lowest BCUT2D eigenvalue weighted by Crippen LogP contribution is -2.39. The molecule has 1 aliphatic carbocycles. The molecule has 3 aliphatic rings. The molecule has 0 amide bonds. The number of aliphatic imine (C=N–C) groups is 1. The molecule has 6 nitrogen and oxygen atoms in total. The smallest absolute Gasteiger partial charge is 0.145 e. The molecule has 6 heteroatoms. The van der Waals surface area contributed by atoms with E-state index in [2.05, 4.69) is 213 Å². The third-order valence-corrected chi connectivity index (χ3v) is 11.0. The van der Waals surface area contributed by atoms with E-state index in [-0.39, 0.29) is 12.1 Å². The summed E-state index contributed by atoms with van der Waals surface area (Å²) in [5, 5.41) is 0. The van der Waals surface area contributed by atoms with Crippen LogP contribution in [0.4, 0.5) is 39.8 Å². The highest BCUT2D eigenvalue weighted by molar-refractivity contribution is 6.13. The second kappa shape index (κ2) is 13.1. The topological polar surface area (TPSA) is 39.9 Å². The molecule has 1 aromatic heterocycles. The van der Waals surface area contributed by atoms with Gasteiger partial charge in [-0.1, -0.05) is 97.1 Å². The predicted molar refractivity (Wildman–Crippen MR) is 231 cm³/mol. The number of fused-ring (bicyclic) bond motifs is 4. The summed E-state index contributed by atoms with van der Waals surface area (Å²) in [6, 6.07) is 64.7. The van der Waals surface area contributed by atoms with Crippen molar-refractivity contribution in [2.45, 2.75) is 12.1 Å². The fourth-order valence-electron chi connectivity index (χ4n) is 8.46. The van der Waals surface area contributed by atoms with E-state index < -0.39 is 0 Å². The highest BCUT2D eigenvalue weighted by Crippen LogP contribution is 2.54. The normalized spacial score (nSPS) is 16.8. The van der Waals surface area contributed by atoms with Gasteiger partial charge in [-0.05, 0) is 109 Å². The van der Waals surface area contributed by atoms with Crippen LogP contribution in [0.2, 0.25) is 0 Å². The fraction of sp³-hybridized carbons (Fsp3) is 0.0400. The maximum Gasteiger partial charge on any atom is 0.145 e. The summed E-state index contributed by atoms with van der Waals surface area (Å²) in [5.41, 5.74) is 13.0. The Labute approximate surface area is 325 Å². The van der Waals surface area contributed by atoms with Crippen LogP contribution in [0.15, 0.2) is 211 Å². The molecule has 56 heavy (non-hydrogen) atoms. The summed E-state index contributed by atoms with van der Waals surface area (Å²) < 4.78 is 2.25. The Kier molecular flexibility index (Phi) is 7.52. The predicted octanol–water partition coefficient (Wildman–Crippen LogP) is 12.1. The molecule has 266 valence electrons. The minimum Gasteiger partial charge on any atom is -0.317 e. The van der Waals surface area contributed by atoms with Gasteiger partial charge in [-0.3, -0.25) is 9.56 Å². The standard InChI is InChI=1S/C50H36N6/c1-3-15-37(16-4-1)55-43-21-9-7-19-41(43)51-49(55)35-27-31-39(32-28-35)53-45-23-11-13-25-47(45)54(48-26-14-12-24-46(48)53)40-33-29-36(30-34-40)50-52-42-20-8-10-22-44(42)56(50)38-17-5-2-6-18-38/h1-34,41,43H. The summed E-state index contributed by atoms with van der Waals surface area (Å²) in [6.45, 7) is 0. The summed E-state index contributed by atoms with van der Waals surface area (Å²) in [5.74, 6) is 1.91. The number of aromatic nitrogens is 2. The monoisotopic (exact) mass is 720 g/mol. The number of para-hydroxylation sites is 8. The number of imidazole rings is 1. The molecule has 2 unspecified atom stereocenters. The molecule has 2 aliphatic heterocycles. The van der Waals surface area contributed by atoms with Crippen LogP contribution in [0.25, 0.3) is 28.1 Å². The van der Waals surface area contributed by atoms with Crippen molar-refractivity contribution < 1.29 is 0 Å². The van der Waals surface area contributed by atoms with Gasteiger partial charge in [0.15, 0.2) is 0 Å². The third kappa shape index (κ3) is 5.18. The molecular weight excluding hydrogens is 685 g/mol. The molecule has 0 N–H and O–H groups in total. The second-order valence-corrected chi connectivity index (χ2v) is 14.2. The van der Waals surface area contributed by atoms with E-state index in [0.29, 0.717) is 0 Å². The van der Waals surface area contributed by atoms with Crippen molar-refractivity contribution in [3.8, 4) is 17.1 Å². The van der Waals surface area contributed by atoms with Gasteiger partial charge in [0.1, 0.15) is 11.7 Å². The van der Waals surface area contributed by atoms with Gasteiger partial charge < -0.3 is 14.7 Å². The quantitative estimate of drug-likeness (QED) is 0.171. The Morgan fingerprint density at radius 2 is 0.911 bits per heavy atom. The Balaban J connectivity index is 0.963. The van der Waals surface area contributed by atoms with Crippen molar-refractivity contribution in [1.29, 1.82) is 0 Å². The molecule has 0 radical (unpaired) electrons. The zero-order chi connectivity index (χ0) is 37.0. The van der Waals surface area contributed by atoms with Crippen molar-refractivity contribution in [2.75, 3.05) is 14.7 Å². The van der Waals surface area contributed by atoms with Crippen LogP contribution >= 0.6 is 0 Å². The Bertz CT molecular complexity index is 2770. The number of rotatable bonds is 6. The maximum atomic E-state index is 5.23. The Morgan fingerprint density at radius 3 is 1.52 bits per heavy atom. The Morgan fingerprint density at radius 1 is 0.411 bits per heavy atom. The summed E-state index contributed by atoms with van der Waals surface area (Å²) in [7, 11) is 0. The number of allylic oxidation sites excluding steroid dienone is 2. The van der Waals surface area contributed by atoms with E-state index in [1.165, 1.54) is 0 Å². The summed E-state index contributed by atoms with van der Waals surface area (Å²) in [6.07, 6.45) is 8.69. The van der Waals surface area contributed by atoms with Gasteiger partial charge in [-0.2, -0.15) is 0 Å². The third-order valence-electron chi connectivity index (χ3n) is 11.0. The van der Waals surface area contributed by atoms with Gasteiger partial charge in [0.2, 0.25) is 0 Å². The van der Waals surface area contributed by atoms with Crippen LogP contribution in [0, 0.1) is 0 Å². The molecular formula is C50H36N6. The van der Waals surface area contributed by atoms with E-state index in [0.717, 1.165) is 79.3 Å². The molecule has 2 atom stereocenters. The highest BCUT2D eigenvalue weighted by Gasteiger charge is 2.36. The van der Waals surface area contributed by atoms with Crippen LogP contribution in [-0.2, 0) is 0 Å². The minimum absolute atomic E-state index is 0.0843. The summed E-state index contributed by atoms with van der Waals surface area (Å²) >= 11 is 0. The summed E-state index contributed by atoms with van der Waals surface area (Å²) in [4.78, 5) is 17.5. The SMILES string of the molecule is C1=CC2N=C(c3ccc(N4c5ccccc5N(c5ccc(-c6nc7ccccc7n6-c6ccccc6)cc5)c5ccccc54)cc3)N(c3ccccc3)C2C=C1. The minimum atomic E-state index is 0.0843. The van der Waals surface area contributed by atoms with Crippen LogP contribution in [0.5, 0.6) is 0 Å². The lowest BCUT2D eigenvalue weighted by molar-refractivity contribution is 0.739. The van der Waals surface area contributed by atoms with Crippen molar-refractivity contribution >= 4 is 56.7 Å². The molecule has 8 aromatic rings. The van der Waals surface area contributed by atoms with Gasteiger partial charge in [-0.25, -0.2) is 4.98 Å². The van der Waals surface area contributed by atoms with Gasteiger partial charge >= 0.3 is 0 Å². The van der Waals surface area contributed by atoms with Crippen LogP contribution < -0.4 is 14.7 Å². The van der Waals surface area contributed by atoms with Crippen LogP contribution in [-0.4, -0.2) is 27.5 Å². The molecule has 0 saturated heterocycles. The molecule has 3 heterocycles. The van der Waals surface area contributed by atoms with Crippen molar-refractivity contribution in [3.63, 3.8) is 0 Å². The molecule has 0 bridgehead atoms. The Hall–Kier alpha value is -7.44. The number of nitrogens with zero attached hydrogens (tertiary/aromatic N) is 6. The first-order chi connectivity index (χ1) is 27.8. The number of amidine groups is 1. The molecule has 11 rings (SSSR count). The first-order valence-corrected chi connectivity index (χ1v) is 19.1. The molecule has 0 spiro atoms. The number of benzene rings is 7. The first-order valence-electron chi connectivity index (χ1n) is 19.1. The van der Waals surface area contributed by atoms with E-state index in [4.69, 9.17) is 9.98 Å². The average molecular weight is 721 g/mol. The first kappa shape index (κ1) is 32.0. The fourth-order valence-corrected chi connectivity index (χ4v) is 8.46. The highest BCUT2D eigenvalue weighted by atomic mass is 15.3. The van der Waals surface area contributed by atoms with E-state index in [1.807, 2.05) is 12.1 Å². The zero-order valence-corrected chi connectivity index (χ0v) is 30.5. The van der Waals surface area contributed by atoms with E-state index >= 15 is 0 Å². The molecule has 7 aromatic carbocycles.